The van der Waals surface area contributed by atoms with Crippen LogP contribution in [0.25, 0.3) is 44.5 Å². The number of carbonyl (C=O) groups is 4. The average molecular weight is 1360 g/mol. The number of esters is 2. The number of aromatic hydroxyl groups is 1. The normalized spacial score (nSPS) is 15.1. The molecule has 0 bridgehead atoms. The molecule has 1 aromatic heterocycles. The first-order valence-corrected chi connectivity index (χ1v) is 32.8. The largest absolute Gasteiger partial charge is 0.508 e. The van der Waals surface area contributed by atoms with Gasteiger partial charge in [-0.05, 0) is 209 Å². The number of aryl methyl sites for hydroxylation is 5. The van der Waals surface area contributed by atoms with E-state index >= 15 is 0 Å². The molecule has 4 atom stereocenters. The van der Waals surface area contributed by atoms with E-state index in [2.05, 4.69) is 46.2 Å². The maximum atomic E-state index is 13.1. The highest BCUT2D eigenvalue weighted by molar-refractivity contribution is 5.96. The number of phenolic OH excluding ortho intramolecular Hbond substituents is 1. The Morgan fingerprint density at radius 3 is 1.13 bits per heavy atom. The van der Waals surface area contributed by atoms with E-state index in [1.54, 1.807) is 36.5 Å². The van der Waals surface area contributed by atoms with Gasteiger partial charge in [0.05, 0.1) is 55.3 Å². The van der Waals surface area contributed by atoms with E-state index in [1.165, 1.54) is 31.4 Å². The van der Waals surface area contributed by atoms with Crippen LogP contribution in [0.3, 0.4) is 0 Å². The molecule has 16 heteroatoms. The van der Waals surface area contributed by atoms with Crippen molar-refractivity contribution in [2.75, 3.05) is 53.9 Å². The fourth-order valence-electron chi connectivity index (χ4n) is 11.0. The van der Waals surface area contributed by atoms with Crippen molar-refractivity contribution in [2.24, 2.45) is 0 Å². The summed E-state index contributed by atoms with van der Waals surface area (Å²) < 4.78 is 44.0. The first-order chi connectivity index (χ1) is 46.8. The van der Waals surface area contributed by atoms with Gasteiger partial charge in [-0.2, -0.15) is 0 Å². The molecular formula is C84H98N2O14. The number of carboxylic acid groups (broad SMARTS) is 1. The number of benzene rings is 8. The summed E-state index contributed by atoms with van der Waals surface area (Å²) >= 11 is 0. The van der Waals surface area contributed by atoms with E-state index < -0.39 is 11.9 Å². The fraction of sp³-hybridized carbons (Fsp3) is 0.321. The van der Waals surface area contributed by atoms with Crippen molar-refractivity contribution in [3.63, 3.8) is 0 Å². The zero-order chi connectivity index (χ0) is 68.8. The smallest absolute Gasteiger partial charge is 0.338 e. The first kappa shape index (κ1) is 78.9. The lowest BCUT2D eigenvalue weighted by Gasteiger charge is -2.17. The molecule has 0 aliphatic carbocycles. The third-order valence-electron chi connectivity index (χ3n) is 16.7. The zero-order valence-electron chi connectivity index (χ0n) is 56.4. The topological polar surface area (TPSA) is 207 Å². The van der Waals surface area contributed by atoms with Gasteiger partial charge in [0, 0.05) is 37.3 Å². The molecule has 8 aromatic carbocycles. The number of rotatable bonds is 19. The zero-order valence-corrected chi connectivity index (χ0v) is 56.4. The fourth-order valence-corrected chi connectivity index (χ4v) is 11.0. The molecule has 0 spiro atoms. The van der Waals surface area contributed by atoms with Crippen LogP contribution in [-0.4, -0.2) is 111 Å². The van der Waals surface area contributed by atoms with Crippen LogP contribution < -0.4 is 19.5 Å². The van der Waals surface area contributed by atoms with E-state index in [0.717, 1.165) is 125 Å². The molecule has 528 valence electrons. The van der Waals surface area contributed by atoms with Gasteiger partial charge in [-0.1, -0.05) is 148 Å². The first-order valence-electron chi connectivity index (χ1n) is 32.8. The van der Waals surface area contributed by atoms with Gasteiger partial charge in [0.2, 0.25) is 0 Å². The van der Waals surface area contributed by atoms with Crippen molar-refractivity contribution in [2.45, 2.75) is 127 Å². The van der Waals surface area contributed by atoms with Crippen LogP contribution in [0.1, 0.15) is 149 Å². The van der Waals surface area contributed by atoms with Crippen molar-refractivity contribution in [1.82, 2.24) is 10.3 Å². The summed E-state index contributed by atoms with van der Waals surface area (Å²) in [4.78, 5) is 52.3. The quantitative estimate of drug-likeness (QED) is 0.0644. The van der Waals surface area contributed by atoms with Crippen LogP contribution >= 0.6 is 0 Å². The van der Waals surface area contributed by atoms with E-state index in [9.17, 15) is 29.4 Å². The van der Waals surface area contributed by atoms with Gasteiger partial charge in [-0.15, -0.1) is 0 Å². The molecule has 0 radical (unpaired) electrons. The summed E-state index contributed by atoms with van der Waals surface area (Å²) in [6.45, 7) is 15.8. The Morgan fingerprint density at radius 1 is 0.450 bits per heavy atom. The van der Waals surface area contributed by atoms with E-state index in [1.807, 2.05) is 156 Å². The molecule has 3 N–H and O–H groups in total. The molecule has 3 aliphatic rings. The SMILES string of the molecule is C.C.C.COC(=O)c1cc(O)cc(-c2ccc(C)cc2)c1.COC(=O)c1cc(OCC2CCCO2)cc(-c2ccc(C)cc2)c1.Cc1ccc(-c2cc(OCC3CCCO3)cc(C(=O)N[C@H](C)c3ccc(C)nc3)c2)cc1.Cc1ccc(-c2cc(OCC3CCCO3)cc(C(=O)O)c2)cc1. The number of pyridine rings is 1. The number of amides is 1. The standard InChI is InChI=1S/C27H30N2O3.C20H22O4.C19H20O4.C15H14O3.3CH4/c1-18-6-9-21(10-7-18)23-13-24(15-26(14-23)32-17-25-5-4-12-31-25)27(30)29-20(3)22-11-8-19(2)28-16-22;1-14-5-7-15(8-6-14)16-10-17(20(21)22-2)12-19(11-16)24-13-18-4-3-9-23-18;1-13-4-6-14(7-5-13)15-9-16(19(20)21)11-18(10-15)23-12-17-3-2-8-22-17;1-10-3-5-11(6-4-10)12-7-13(15(17)18-2)9-14(16)8-12;;;/h6-11,13-16,20,25H,4-5,12,17H2,1-3H3,(H,29,30);5-8,10-12,18H,3-4,9,13H2,1-2H3;4-7,9-11,17H,2-3,8,12H2,1H3,(H,20,21);3-9,16H,1-2H3;3*1H4/t20-,25?;;;;;;/m1....../s1. The van der Waals surface area contributed by atoms with Crippen LogP contribution in [-0.2, 0) is 23.7 Å². The number of aromatic nitrogens is 1. The second-order valence-corrected chi connectivity index (χ2v) is 24.5. The lowest BCUT2D eigenvalue weighted by Crippen LogP contribution is -2.27. The third kappa shape index (κ3) is 23.5. The minimum absolute atomic E-state index is 0. The van der Waals surface area contributed by atoms with Crippen LogP contribution in [0.4, 0.5) is 0 Å². The molecule has 3 saturated heterocycles. The summed E-state index contributed by atoms with van der Waals surface area (Å²) in [7, 11) is 2.70. The highest BCUT2D eigenvalue weighted by atomic mass is 16.6. The third-order valence-corrected chi connectivity index (χ3v) is 16.7. The Labute approximate surface area is 590 Å². The Kier molecular flexibility index (Phi) is 30.7. The number of phenols is 1. The number of ether oxygens (including phenoxy) is 8. The summed E-state index contributed by atoms with van der Waals surface area (Å²) in [5.74, 6) is 0.0157. The highest BCUT2D eigenvalue weighted by Crippen LogP contribution is 2.32. The minimum Gasteiger partial charge on any atom is -0.508 e. The van der Waals surface area contributed by atoms with Crippen LogP contribution in [0.5, 0.6) is 23.0 Å². The van der Waals surface area contributed by atoms with Crippen molar-refractivity contribution >= 4 is 23.8 Å². The number of carboxylic acids is 1. The van der Waals surface area contributed by atoms with E-state index in [-0.39, 0.29) is 69.8 Å². The second kappa shape index (κ2) is 38.9. The number of nitrogens with one attached hydrogen (secondary N) is 1. The Balaban J connectivity index is 0.000000212. The summed E-state index contributed by atoms with van der Waals surface area (Å²) in [5.41, 5.74) is 15.8. The molecule has 4 heterocycles. The minimum atomic E-state index is -0.957. The monoisotopic (exact) mass is 1360 g/mol. The molecule has 1 amide bonds. The predicted octanol–water partition coefficient (Wildman–Crippen LogP) is 18.4. The number of nitrogens with zero attached hydrogens (tertiary/aromatic N) is 1. The van der Waals surface area contributed by atoms with Gasteiger partial charge in [-0.3, -0.25) is 9.78 Å². The second-order valence-electron chi connectivity index (χ2n) is 24.5. The van der Waals surface area contributed by atoms with E-state index in [4.69, 9.17) is 33.2 Å². The number of hydrogen-bond acceptors (Lipinski definition) is 14. The van der Waals surface area contributed by atoms with Gasteiger partial charge < -0.3 is 53.4 Å². The number of methoxy groups -OCH3 is 2. The van der Waals surface area contributed by atoms with Crippen molar-refractivity contribution < 1.29 is 67.3 Å². The van der Waals surface area contributed by atoms with Gasteiger partial charge in [0.1, 0.15) is 42.8 Å². The maximum absolute atomic E-state index is 13.1. The van der Waals surface area contributed by atoms with Gasteiger partial charge >= 0.3 is 17.9 Å². The average Bonchev–Trinajstić information content (AvgIpc) is 0.913. The summed E-state index contributed by atoms with van der Waals surface area (Å²) in [5, 5.41) is 22.1. The van der Waals surface area contributed by atoms with Gasteiger partial charge in [0.25, 0.3) is 5.91 Å². The molecular weight excluding hydrogens is 1260 g/mol. The van der Waals surface area contributed by atoms with Crippen molar-refractivity contribution in [3.8, 4) is 67.5 Å². The molecule has 16 nitrogen and oxygen atoms in total. The molecule has 3 aliphatic heterocycles. The van der Waals surface area contributed by atoms with Gasteiger partial charge in [0.15, 0.2) is 0 Å². The molecule has 3 unspecified atom stereocenters. The Hall–Kier alpha value is -10.1. The van der Waals surface area contributed by atoms with Gasteiger partial charge in [-0.25, -0.2) is 14.4 Å². The van der Waals surface area contributed by atoms with Crippen LogP contribution in [0, 0.1) is 34.6 Å². The molecule has 12 rings (SSSR count). The Morgan fingerprint density at radius 2 is 0.790 bits per heavy atom. The predicted molar refractivity (Wildman–Crippen MR) is 396 cm³/mol. The molecule has 9 aromatic rings. The van der Waals surface area contributed by atoms with Crippen LogP contribution in [0.2, 0.25) is 0 Å². The Bertz CT molecular complexity index is 4060. The number of hydrogen-bond donors (Lipinski definition) is 3. The number of carbonyl (C=O) groups excluding carboxylic acids is 3. The maximum Gasteiger partial charge on any atom is 0.338 e. The summed E-state index contributed by atoms with van der Waals surface area (Å²) in [6.07, 6.45) is 8.36. The summed E-state index contributed by atoms with van der Waals surface area (Å²) in [6, 6.07) is 57.1. The van der Waals surface area contributed by atoms with Crippen LogP contribution in [0.15, 0.2) is 188 Å². The van der Waals surface area contributed by atoms with Crippen molar-refractivity contribution in [3.05, 3.63) is 244 Å². The molecule has 3 fully saturated rings. The molecule has 0 saturated carbocycles. The van der Waals surface area contributed by atoms with E-state index in [0.29, 0.717) is 53.8 Å². The molecule has 100 heavy (non-hydrogen) atoms. The lowest BCUT2D eigenvalue weighted by atomic mass is 10.0. The van der Waals surface area contributed by atoms with Crippen molar-refractivity contribution in [1.29, 1.82) is 0 Å². The lowest BCUT2D eigenvalue weighted by molar-refractivity contribution is 0.0590. The highest BCUT2D eigenvalue weighted by Gasteiger charge is 2.22. The number of aromatic carboxylic acids is 1.